The van der Waals surface area contributed by atoms with Gasteiger partial charge in [0.25, 0.3) is 11.8 Å². The molecule has 3 aromatic carbocycles. The number of aromatic nitrogens is 2. The van der Waals surface area contributed by atoms with Gasteiger partial charge in [-0.05, 0) is 55.5 Å². The summed E-state index contributed by atoms with van der Waals surface area (Å²) in [5, 5.41) is 6.82. The number of benzene rings is 3. The van der Waals surface area contributed by atoms with E-state index in [4.69, 9.17) is 14.0 Å². The van der Waals surface area contributed by atoms with Gasteiger partial charge in [-0.25, -0.2) is 4.39 Å². The molecule has 0 bridgehead atoms. The summed E-state index contributed by atoms with van der Waals surface area (Å²) in [5.74, 6) is 0.385. The number of ether oxygens (including phenoxy) is 2. The Morgan fingerprint density at radius 2 is 1.75 bits per heavy atom. The van der Waals surface area contributed by atoms with Crippen molar-refractivity contribution in [2.45, 2.75) is 13.0 Å². The quantitative estimate of drug-likeness (QED) is 0.443. The Morgan fingerprint density at radius 3 is 2.50 bits per heavy atom. The van der Waals surface area contributed by atoms with Crippen LogP contribution in [0.5, 0.6) is 11.5 Å². The summed E-state index contributed by atoms with van der Waals surface area (Å²) in [6.07, 6.45) is -0.933. The standard InChI is InChI=1S/C24H20FN3O4/c1-15(31-21-10-6-4-8-19(21)25)23(29)26-20-9-5-3-7-18(20)24-27-22(28-32-24)16-11-13-17(30-2)14-12-16/h3-15H,1-2H3,(H,26,29). The Kier molecular flexibility index (Phi) is 6.12. The lowest BCUT2D eigenvalue weighted by Gasteiger charge is -2.16. The molecule has 1 heterocycles. The van der Waals surface area contributed by atoms with E-state index in [0.29, 0.717) is 17.1 Å². The first kappa shape index (κ1) is 21.0. The van der Waals surface area contributed by atoms with Crippen molar-refractivity contribution in [3.8, 4) is 34.3 Å². The second-order valence-corrected chi connectivity index (χ2v) is 6.88. The van der Waals surface area contributed by atoms with E-state index < -0.39 is 17.8 Å². The van der Waals surface area contributed by atoms with Gasteiger partial charge in [0.15, 0.2) is 17.7 Å². The summed E-state index contributed by atoms with van der Waals surface area (Å²) in [7, 11) is 1.59. The molecule has 0 radical (unpaired) electrons. The minimum atomic E-state index is -0.933. The van der Waals surface area contributed by atoms with Gasteiger partial charge >= 0.3 is 0 Å². The second kappa shape index (κ2) is 9.30. The Hall–Kier alpha value is -4.20. The number of nitrogens with one attached hydrogen (secondary N) is 1. The van der Waals surface area contributed by atoms with E-state index in [1.165, 1.54) is 12.1 Å². The van der Waals surface area contributed by atoms with Gasteiger partial charge in [0.2, 0.25) is 5.82 Å². The number of carbonyl (C=O) groups is 1. The SMILES string of the molecule is COc1ccc(-c2noc(-c3ccccc3NC(=O)C(C)Oc3ccccc3F)n2)cc1. The molecule has 1 unspecified atom stereocenters. The molecule has 0 saturated heterocycles. The molecule has 0 aliphatic heterocycles. The third kappa shape index (κ3) is 4.59. The van der Waals surface area contributed by atoms with Gasteiger partial charge in [-0.15, -0.1) is 0 Å². The summed E-state index contributed by atoms with van der Waals surface area (Å²) in [6.45, 7) is 1.54. The van der Waals surface area contributed by atoms with Crippen molar-refractivity contribution in [2.75, 3.05) is 12.4 Å². The molecule has 0 fully saturated rings. The lowest BCUT2D eigenvalue weighted by atomic mass is 10.1. The second-order valence-electron chi connectivity index (χ2n) is 6.88. The van der Waals surface area contributed by atoms with Crippen molar-refractivity contribution in [3.63, 3.8) is 0 Å². The molecule has 7 nitrogen and oxygen atoms in total. The molecule has 1 aromatic heterocycles. The van der Waals surface area contributed by atoms with E-state index in [1.807, 2.05) is 12.1 Å². The summed E-state index contributed by atoms with van der Waals surface area (Å²) >= 11 is 0. The number of hydrogen-bond donors (Lipinski definition) is 1. The predicted molar refractivity (Wildman–Crippen MR) is 117 cm³/mol. The molecule has 1 N–H and O–H groups in total. The Labute approximate surface area is 183 Å². The molecule has 8 heteroatoms. The Bertz CT molecular complexity index is 1220. The third-order valence-electron chi connectivity index (χ3n) is 4.70. The first-order valence-corrected chi connectivity index (χ1v) is 9.84. The minimum absolute atomic E-state index is 0.00414. The fraction of sp³-hybridized carbons (Fsp3) is 0.125. The van der Waals surface area contributed by atoms with Gasteiger partial charge < -0.3 is 19.3 Å². The van der Waals surface area contributed by atoms with Crippen LogP contribution in [0.25, 0.3) is 22.8 Å². The monoisotopic (exact) mass is 433 g/mol. The van der Waals surface area contributed by atoms with Crippen molar-refractivity contribution >= 4 is 11.6 Å². The van der Waals surface area contributed by atoms with Crippen molar-refractivity contribution in [1.82, 2.24) is 10.1 Å². The van der Waals surface area contributed by atoms with Gasteiger partial charge in [0.05, 0.1) is 18.4 Å². The molecule has 0 spiro atoms. The summed E-state index contributed by atoms with van der Waals surface area (Å²) in [4.78, 5) is 17.1. The maximum absolute atomic E-state index is 13.8. The molecule has 4 aromatic rings. The van der Waals surface area contributed by atoms with Crippen molar-refractivity contribution in [1.29, 1.82) is 0 Å². The highest BCUT2D eigenvalue weighted by Gasteiger charge is 2.20. The number of methoxy groups -OCH3 is 1. The fourth-order valence-electron chi connectivity index (χ4n) is 2.99. The summed E-state index contributed by atoms with van der Waals surface area (Å²) < 4.78 is 29.9. The van der Waals surface area contributed by atoms with E-state index in [2.05, 4.69) is 15.5 Å². The molecule has 32 heavy (non-hydrogen) atoms. The number of nitrogens with zero attached hydrogens (tertiary/aromatic N) is 2. The average molecular weight is 433 g/mol. The largest absolute Gasteiger partial charge is 0.497 e. The lowest BCUT2D eigenvalue weighted by molar-refractivity contribution is -0.122. The Balaban J connectivity index is 1.52. The van der Waals surface area contributed by atoms with Gasteiger partial charge in [-0.2, -0.15) is 4.98 Å². The van der Waals surface area contributed by atoms with E-state index in [0.717, 1.165) is 11.3 Å². The predicted octanol–water partition coefficient (Wildman–Crippen LogP) is 4.96. The van der Waals surface area contributed by atoms with Crippen LogP contribution >= 0.6 is 0 Å². The van der Waals surface area contributed by atoms with Crippen LogP contribution in [0.1, 0.15) is 6.92 Å². The number of amides is 1. The number of anilines is 1. The average Bonchev–Trinajstić information content (AvgIpc) is 3.31. The number of halogens is 1. The zero-order valence-electron chi connectivity index (χ0n) is 17.4. The van der Waals surface area contributed by atoms with Crippen molar-refractivity contribution < 1.29 is 23.2 Å². The smallest absolute Gasteiger partial charge is 0.265 e. The molecular formula is C24H20FN3O4. The van der Waals surface area contributed by atoms with Crippen LogP contribution in [0.4, 0.5) is 10.1 Å². The topological polar surface area (TPSA) is 86.5 Å². The van der Waals surface area contributed by atoms with Crippen molar-refractivity contribution in [2.24, 2.45) is 0 Å². The van der Waals surface area contributed by atoms with Gasteiger partial charge in [-0.3, -0.25) is 4.79 Å². The zero-order chi connectivity index (χ0) is 22.5. The van der Waals surface area contributed by atoms with Crippen LogP contribution in [0.15, 0.2) is 77.3 Å². The summed E-state index contributed by atoms with van der Waals surface area (Å²) in [5.41, 5.74) is 1.77. The lowest BCUT2D eigenvalue weighted by Crippen LogP contribution is -2.30. The number of rotatable bonds is 7. The van der Waals surface area contributed by atoms with Crippen LogP contribution in [0.3, 0.4) is 0 Å². The van der Waals surface area contributed by atoms with E-state index in [1.54, 1.807) is 62.6 Å². The summed E-state index contributed by atoms with van der Waals surface area (Å²) in [6, 6.07) is 20.2. The van der Waals surface area contributed by atoms with E-state index in [9.17, 15) is 9.18 Å². The highest BCUT2D eigenvalue weighted by atomic mass is 19.1. The van der Waals surface area contributed by atoms with Gasteiger partial charge in [-0.1, -0.05) is 29.4 Å². The highest BCUT2D eigenvalue weighted by molar-refractivity contribution is 5.97. The molecule has 0 aliphatic rings. The number of hydrogen-bond acceptors (Lipinski definition) is 6. The maximum atomic E-state index is 13.8. The molecule has 0 aliphatic carbocycles. The van der Waals surface area contributed by atoms with Crippen molar-refractivity contribution in [3.05, 3.63) is 78.6 Å². The minimum Gasteiger partial charge on any atom is -0.497 e. The third-order valence-corrected chi connectivity index (χ3v) is 4.70. The molecule has 1 amide bonds. The maximum Gasteiger partial charge on any atom is 0.265 e. The van der Waals surface area contributed by atoms with Gasteiger partial charge in [0, 0.05) is 5.56 Å². The Morgan fingerprint density at radius 1 is 1.03 bits per heavy atom. The number of para-hydroxylation sites is 2. The zero-order valence-corrected chi connectivity index (χ0v) is 17.4. The van der Waals surface area contributed by atoms with Crippen LogP contribution in [-0.4, -0.2) is 29.3 Å². The highest BCUT2D eigenvalue weighted by Crippen LogP contribution is 2.29. The molecule has 0 saturated carbocycles. The van der Waals surface area contributed by atoms with Crippen LogP contribution < -0.4 is 14.8 Å². The molecular weight excluding hydrogens is 413 g/mol. The van der Waals surface area contributed by atoms with E-state index in [-0.39, 0.29) is 11.6 Å². The van der Waals surface area contributed by atoms with Crippen LogP contribution in [0.2, 0.25) is 0 Å². The molecule has 162 valence electrons. The fourth-order valence-corrected chi connectivity index (χ4v) is 2.99. The molecule has 4 rings (SSSR count). The number of carbonyl (C=O) groups excluding carboxylic acids is 1. The van der Waals surface area contributed by atoms with Crippen LogP contribution in [0, 0.1) is 5.82 Å². The van der Waals surface area contributed by atoms with E-state index >= 15 is 0 Å². The molecule has 1 atom stereocenters. The first-order chi connectivity index (χ1) is 15.5. The van der Waals surface area contributed by atoms with Crippen LogP contribution in [-0.2, 0) is 4.79 Å². The van der Waals surface area contributed by atoms with Gasteiger partial charge in [0.1, 0.15) is 5.75 Å². The normalized spacial score (nSPS) is 11.6. The first-order valence-electron chi connectivity index (χ1n) is 9.84.